The standard InChI is InChI=1S/C16H24O2/c1-13-7-9-14(10-8-13)16(17)11-12-18-15-5-3-2-4-6-15/h2-6,13-14,16-17H,7-12H2,1H3. The SMILES string of the molecule is CC1CCC(C(O)CCOc2ccccc2)CC1. The van der Waals surface area contributed by atoms with E-state index in [1.54, 1.807) is 0 Å². The Balaban J connectivity index is 1.67. The largest absolute Gasteiger partial charge is 0.493 e. The first-order chi connectivity index (χ1) is 8.75. The van der Waals surface area contributed by atoms with Crippen LogP contribution in [0, 0.1) is 11.8 Å². The molecule has 1 aliphatic rings. The average Bonchev–Trinajstić information content (AvgIpc) is 2.40. The van der Waals surface area contributed by atoms with E-state index in [1.807, 2.05) is 30.3 Å². The summed E-state index contributed by atoms with van der Waals surface area (Å²) in [5.74, 6) is 2.22. The lowest BCUT2D eigenvalue weighted by Crippen LogP contribution is -2.26. The summed E-state index contributed by atoms with van der Waals surface area (Å²) < 4.78 is 5.63. The molecule has 0 spiro atoms. The summed E-state index contributed by atoms with van der Waals surface area (Å²) in [7, 11) is 0. The second-order valence-electron chi connectivity index (χ2n) is 5.54. The minimum atomic E-state index is -0.193. The van der Waals surface area contributed by atoms with Gasteiger partial charge < -0.3 is 9.84 Å². The molecule has 0 amide bonds. The maximum atomic E-state index is 10.2. The molecule has 0 radical (unpaired) electrons. The Morgan fingerprint density at radius 3 is 2.50 bits per heavy atom. The Labute approximate surface area is 110 Å². The van der Waals surface area contributed by atoms with Crippen LogP contribution < -0.4 is 4.74 Å². The van der Waals surface area contributed by atoms with Gasteiger partial charge in [-0.1, -0.05) is 38.0 Å². The Hall–Kier alpha value is -1.02. The fraction of sp³-hybridized carbons (Fsp3) is 0.625. The monoisotopic (exact) mass is 248 g/mol. The van der Waals surface area contributed by atoms with E-state index in [-0.39, 0.29) is 6.10 Å². The van der Waals surface area contributed by atoms with Gasteiger partial charge in [-0.25, -0.2) is 0 Å². The van der Waals surface area contributed by atoms with Crippen LogP contribution in [0.5, 0.6) is 5.75 Å². The molecule has 18 heavy (non-hydrogen) atoms. The molecule has 0 bridgehead atoms. The fourth-order valence-electron chi connectivity index (χ4n) is 2.72. The highest BCUT2D eigenvalue weighted by atomic mass is 16.5. The lowest BCUT2D eigenvalue weighted by Gasteiger charge is -2.29. The second kappa shape index (κ2) is 6.79. The normalized spacial score (nSPS) is 25.7. The molecule has 0 saturated heterocycles. The van der Waals surface area contributed by atoms with Crippen molar-refractivity contribution in [2.75, 3.05) is 6.61 Å². The van der Waals surface area contributed by atoms with Crippen molar-refractivity contribution >= 4 is 0 Å². The molecule has 1 saturated carbocycles. The summed E-state index contributed by atoms with van der Waals surface area (Å²) in [6.07, 6.45) is 5.43. The zero-order chi connectivity index (χ0) is 12.8. The van der Waals surface area contributed by atoms with Gasteiger partial charge in [-0.2, -0.15) is 0 Å². The van der Waals surface area contributed by atoms with Crippen molar-refractivity contribution in [3.05, 3.63) is 30.3 Å². The predicted octanol–water partition coefficient (Wildman–Crippen LogP) is 3.64. The maximum Gasteiger partial charge on any atom is 0.119 e. The van der Waals surface area contributed by atoms with Gasteiger partial charge in [0, 0.05) is 6.42 Å². The first kappa shape index (κ1) is 13.4. The number of aliphatic hydroxyl groups excluding tert-OH is 1. The minimum absolute atomic E-state index is 0.193. The first-order valence-corrected chi connectivity index (χ1v) is 7.11. The molecule has 100 valence electrons. The fourth-order valence-corrected chi connectivity index (χ4v) is 2.72. The average molecular weight is 248 g/mol. The summed E-state index contributed by atoms with van der Waals surface area (Å²) in [6.45, 7) is 2.92. The Morgan fingerprint density at radius 2 is 1.83 bits per heavy atom. The predicted molar refractivity (Wildman–Crippen MR) is 73.7 cm³/mol. The second-order valence-corrected chi connectivity index (χ2v) is 5.54. The van der Waals surface area contributed by atoms with Crippen molar-refractivity contribution in [3.8, 4) is 5.75 Å². The third-order valence-electron chi connectivity index (χ3n) is 4.03. The minimum Gasteiger partial charge on any atom is -0.493 e. The number of hydrogen-bond donors (Lipinski definition) is 1. The summed E-state index contributed by atoms with van der Waals surface area (Å²) in [5.41, 5.74) is 0. The van der Waals surface area contributed by atoms with Crippen molar-refractivity contribution in [1.82, 2.24) is 0 Å². The lowest BCUT2D eigenvalue weighted by atomic mass is 9.79. The van der Waals surface area contributed by atoms with Crippen molar-refractivity contribution in [1.29, 1.82) is 0 Å². The molecule has 1 aliphatic carbocycles. The summed E-state index contributed by atoms with van der Waals surface area (Å²) in [4.78, 5) is 0. The number of rotatable bonds is 5. The lowest BCUT2D eigenvalue weighted by molar-refractivity contribution is 0.0568. The van der Waals surface area contributed by atoms with E-state index in [4.69, 9.17) is 4.74 Å². The van der Waals surface area contributed by atoms with E-state index in [0.717, 1.165) is 18.1 Å². The molecule has 2 rings (SSSR count). The molecular weight excluding hydrogens is 224 g/mol. The van der Waals surface area contributed by atoms with E-state index >= 15 is 0 Å². The molecule has 1 aromatic carbocycles. The molecule has 1 unspecified atom stereocenters. The van der Waals surface area contributed by atoms with Crippen LogP contribution in [0.2, 0.25) is 0 Å². The third-order valence-corrected chi connectivity index (χ3v) is 4.03. The van der Waals surface area contributed by atoms with Crippen LogP contribution in [0.3, 0.4) is 0 Å². The van der Waals surface area contributed by atoms with Crippen molar-refractivity contribution in [2.24, 2.45) is 11.8 Å². The van der Waals surface area contributed by atoms with Crippen molar-refractivity contribution in [2.45, 2.75) is 45.1 Å². The molecule has 1 fully saturated rings. The number of hydrogen-bond acceptors (Lipinski definition) is 2. The molecule has 2 heteroatoms. The number of benzene rings is 1. The van der Waals surface area contributed by atoms with Crippen LogP contribution in [0.15, 0.2) is 30.3 Å². The Kier molecular flexibility index (Phi) is 5.06. The summed E-state index contributed by atoms with van der Waals surface area (Å²) in [6, 6.07) is 9.82. The van der Waals surface area contributed by atoms with Gasteiger partial charge >= 0.3 is 0 Å². The topological polar surface area (TPSA) is 29.5 Å². The molecule has 0 aromatic heterocycles. The van der Waals surface area contributed by atoms with Crippen molar-refractivity contribution in [3.63, 3.8) is 0 Å². The Morgan fingerprint density at radius 1 is 1.17 bits per heavy atom. The molecule has 1 atom stereocenters. The van der Waals surface area contributed by atoms with Crippen LogP contribution in [-0.4, -0.2) is 17.8 Å². The summed E-state index contributed by atoms with van der Waals surface area (Å²) in [5, 5.41) is 10.2. The maximum absolute atomic E-state index is 10.2. The molecule has 0 aliphatic heterocycles. The zero-order valence-electron chi connectivity index (χ0n) is 11.2. The highest BCUT2D eigenvalue weighted by Gasteiger charge is 2.24. The van der Waals surface area contributed by atoms with Crippen LogP contribution in [0.4, 0.5) is 0 Å². The van der Waals surface area contributed by atoms with Crippen LogP contribution in [0.1, 0.15) is 39.0 Å². The van der Waals surface area contributed by atoms with Gasteiger partial charge in [0.15, 0.2) is 0 Å². The molecule has 2 nitrogen and oxygen atoms in total. The van der Waals surface area contributed by atoms with Gasteiger partial charge in [-0.05, 0) is 36.8 Å². The van der Waals surface area contributed by atoms with Crippen LogP contribution >= 0.6 is 0 Å². The van der Waals surface area contributed by atoms with Gasteiger partial charge in [-0.15, -0.1) is 0 Å². The van der Waals surface area contributed by atoms with Crippen molar-refractivity contribution < 1.29 is 9.84 Å². The van der Waals surface area contributed by atoms with E-state index in [0.29, 0.717) is 12.5 Å². The van der Waals surface area contributed by atoms with Crippen LogP contribution in [-0.2, 0) is 0 Å². The van der Waals surface area contributed by atoms with E-state index in [1.165, 1.54) is 25.7 Å². The highest BCUT2D eigenvalue weighted by molar-refractivity contribution is 5.20. The Bertz CT molecular complexity index is 328. The first-order valence-electron chi connectivity index (χ1n) is 7.11. The number of para-hydroxylation sites is 1. The zero-order valence-corrected chi connectivity index (χ0v) is 11.2. The smallest absolute Gasteiger partial charge is 0.119 e. The highest BCUT2D eigenvalue weighted by Crippen LogP contribution is 2.31. The van der Waals surface area contributed by atoms with Gasteiger partial charge in [0.2, 0.25) is 0 Å². The number of ether oxygens (including phenoxy) is 1. The van der Waals surface area contributed by atoms with E-state index < -0.39 is 0 Å². The van der Waals surface area contributed by atoms with Gasteiger partial charge in [0.1, 0.15) is 5.75 Å². The van der Waals surface area contributed by atoms with E-state index in [9.17, 15) is 5.11 Å². The molecule has 0 heterocycles. The van der Waals surface area contributed by atoms with E-state index in [2.05, 4.69) is 6.92 Å². The third kappa shape index (κ3) is 4.02. The summed E-state index contributed by atoms with van der Waals surface area (Å²) >= 11 is 0. The van der Waals surface area contributed by atoms with Gasteiger partial charge in [-0.3, -0.25) is 0 Å². The quantitative estimate of drug-likeness (QED) is 0.862. The molecule has 1 N–H and O–H groups in total. The van der Waals surface area contributed by atoms with Gasteiger partial charge in [0.25, 0.3) is 0 Å². The molecule has 1 aromatic rings. The number of aliphatic hydroxyl groups is 1. The van der Waals surface area contributed by atoms with Crippen LogP contribution in [0.25, 0.3) is 0 Å². The van der Waals surface area contributed by atoms with Gasteiger partial charge in [0.05, 0.1) is 12.7 Å². The molecular formula is C16H24O2.